The average Bonchev–Trinajstić information content (AvgIpc) is 2.25. The second-order valence-corrected chi connectivity index (χ2v) is 6.35. The summed E-state index contributed by atoms with van der Waals surface area (Å²) >= 11 is 0. The summed E-state index contributed by atoms with van der Waals surface area (Å²) in [6.07, 6.45) is 1.33. The first-order chi connectivity index (χ1) is 8.94. The molecule has 5 heteroatoms. The van der Waals surface area contributed by atoms with Gasteiger partial charge < -0.3 is 15.4 Å². The minimum absolute atomic E-state index is 0.134. The number of rotatable bonds is 2. The van der Waals surface area contributed by atoms with Gasteiger partial charge >= 0.3 is 0 Å². The Labute approximate surface area is 116 Å². The minimum Gasteiger partial charge on any atom is -0.372 e. The lowest BCUT2D eigenvalue weighted by Crippen LogP contribution is -2.54. The number of nitrogens with zero attached hydrogens (tertiary/aromatic N) is 2. The molecular formula is C14H27N3O2. The van der Waals surface area contributed by atoms with Gasteiger partial charge in [-0.1, -0.05) is 6.92 Å². The van der Waals surface area contributed by atoms with E-state index in [1.54, 1.807) is 0 Å². The molecule has 2 aliphatic rings. The minimum atomic E-state index is 0.134. The Morgan fingerprint density at radius 3 is 2.37 bits per heavy atom. The molecule has 4 unspecified atom stereocenters. The molecule has 2 heterocycles. The van der Waals surface area contributed by atoms with Crippen molar-refractivity contribution in [3.05, 3.63) is 0 Å². The van der Waals surface area contributed by atoms with E-state index >= 15 is 0 Å². The van der Waals surface area contributed by atoms with Crippen LogP contribution in [-0.2, 0) is 9.53 Å². The quantitative estimate of drug-likeness (QED) is 0.783. The fraction of sp³-hybridized carbons (Fsp3) is 0.929. The summed E-state index contributed by atoms with van der Waals surface area (Å²) in [6, 6.07) is 0.207. The van der Waals surface area contributed by atoms with Crippen LogP contribution in [0.1, 0.15) is 27.2 Å². The summed E-state index contributed by atoms with van der Waals surface area (Å²) in [7, 11) is 0. The van der Waals surface area contributed by atoms with Crippen LogP contribution in [0.2, 0.25) is 0 Å². The van der Waals surface area contributed by atoms with Gasteiger partial charge in [0.25, 0.3) is 0 Å². The van der Waals surface area contributed by atoms with E-state index in [1.807, 2.05) is 18.7 Å². The Bertz CT molecular complexity index is 304. The third-order valence-electron chi connectivity index (χ3n) is 3.90. The molecule has 2 fully saturated rings. The van der Waals surface area contributed by atoms with Gasteiger partial charge in [0.2, 0.25) is 5.91 Å². The second kappa shape index (κ2) is 6.20. The summed E-state index contributed by atoms with van der Waals surface area (Å²) in [5.41, 5.74) is 6.03. The van der Waals surface area contributed by atoms with Crippen LogP contribution in [0.5, 0.6) is 0 Å². The van der Waals surface area contributed by atoms with Gasteiger partial charge in [0.1, 0.15) is 0 Å². The molecule has 4 atom stereocenters. The van der Waals surface area contributed by atoms with Gasteiger partial charge in [-0.05, 0) is 26.2 Å². The fourth-order valence-electron chi connectivity index (χ4n) is 3.31. The topological polar surface area (TPSA) is 58.8 Å². The number of carbonyl (C=O) groups excluding carboxylic acids is 1. The Balaban J connectivity index is 1.86. The first-order valence-electron chi connectivity index (χ1n) is 7.35. The fourth-order valence-corrected chi connectivity index (χ4v) is 3.31. The molecule has 2 aliphatic heterocycles. The number of nitrogens with two attached hydrogens (primary N) is 1. The maximum Gasteiger partial charge on any atom is 0.236 e. The Hall–Kier alpha value is -0.650. The van der Waals surface area contributed by atoms with Crippen molar-refractivity contribution in [3.8, 4) is 0 Å². The first-order valence-corrected chi connectivity index (χ1v) is 7.35. The lowest BCUT2D eigenvalue weighted by atomic mass is 9.96. The molecule has 0 aromatic carbocycles. The SMILES string of the molecule is CC1CC(N)CN(CC(=O)N2CC(C)OC(C)C2)C1. The van der Waals surface area contributed by atoms with Crippen molar-refractivity contribution >= 4 is 5.91 Å². The van der Waals surface area contributed by atoms with Crippen LogP contribution in [-0.4, -0.2) is 66.7 Å². The zero-order valence-corrected chi connectivity index (χ0v) is 12.3. The predicted molar refractivity (Wildman–Crippen MR) is 74.8 cm³/mol. The standard InChI is InChI=1S/C14H27N3O2/c1-10-4-13(15)8-16(5-10)9-14(18)17-6-11(2)19-12(3)7-17/h10-13H,4-9,15H2,1-3H3. The van der Waals surface area contributed by atoms with Crippen LogP contribution in [0, 0.1) is 5.92 Å². The highest BCUT2D eigenvalue weighted by Crippen LogP contribution is 2.16. The van der Waals surface area contributed by atoms with Crippen molar-refractivity contribution < 1.29 is 9.53 Å². The third kappa shape index (κ3) is 4.16. The smallest absolute Gasteiger partial charge is 0.236 e. The number of hydrogen-bond donors (Lipinski definition) is 1. The Kier molecular flexibility index (Phi) is 4.81. The lowest BCUT2D eigenvalue weighted by molar-refractivity contribution is -0.144. The number of ether oxygens (including phenoxy) is 1. The Morgan fingerprint density at radius 1 is 1.16 bits per heavy atom. The van der Waals surface area contributed by atoms with Crippen LogP contribution >= 0.6 is 0 Å². The van der Waals surface area contributed by atoms with Gasteiger partial charge in [-0.25, -0.2) is 0 Å². The molecule has 5 nitrogen and oxygen atoms in total. The van der Waals surface area contributed by atoms with Gasteiger partial charge in [0.15, 0.2) is 0 Å². The number of carbonyl (C=O) groups is 1. The summed E-state index contributed by atoms with van der Waals surface area (Å²) in [5, 5.41) is 0. The molecule has 2 saturated heterocycles. The van der Waals surface area contributed by atoms with Crippen LogP contribution in [0.4, 0.5) is 0 Å². The lowest BCUT2D eigenvalue weighted by Gasteiger charge is -2.38. The van der Waals surface area contributed by atoms with Crippen LogP contribution in [0.3, 0.4) is 0 Å². The van der Waals surface area contributed by atoms with E-state index in [0.29, 0.717) is 25.6 Å². The third-order valence-corrected chi connectivity index (χ3v) is 3.90. The summed E-state index contributed by atoms with van der Waals surface area (Å²) in [4.78, 5) is 16.5. The molecule has 0 spiro atoms. The maximum absolute atomic E-state index is 12.4. The van der Waals surface area contributed by atoms with E-state index in [-0.39, 0.29) is 24.2 Å². The van der Waals surface area contributed by atoms with Gasteiger partial charge in [0.05, 0.1) is 18.8 Å². The molecule has 1 amide bonds. The number of piperidine rings is 1. The van der Waals surface area contributed by atoms with Crippen molar-refractivity contribution in [3.63, 3.8) is 0 Å². The van der Waals surface area contributed by atoms with E-state index in [9.17, 15) is 4.79 Å². The summed E-state index contributed by atoms with van der Waals surface area (Å²) < 4.78 is 5.66. The molecule has 0 saturated carbocycles. The monoisotopic (exact) mass is 269 g/mol. The van der Waals surface area contributed by atoms with E-state index < -0.39 is 0 Å². The second-order valence-electron chi connectivity index (χ2n) is 6.35. The van der Waals surface area contributed by atoms with Crippen molar-refractivity contribution in [2.45, 2.75) is 45.4 Å². The highest BCUT2D eigenvalue weighted by molar-refractivity contribution is 5.78. The summed E-state index contributed by atoms with van der Waals surface area (Å²) in [6.45, 7) is 9.98. The van der Waals surface area contributed by atoms with Crippen molar-refractivity contribution in [1.29, 1.82) is 0 Å². The van der Waals surface area contributed by atoms with Gasteiger partial charge in [0, 0.05) is 32.2 Å². The van der Waals surface area contributed by atoms with Crippen molar-refractivity contribution in [1.82, 2.24) is 9.80 Å². The zero-order chi connectivity index (χ0) is 14.0. The van der Waals surface area contributed by atoms with Crippen LogP contribution in [0.25, 0.3) is 0 Å². The highest BCUT2D eigenvalue weighted by Gasteiger charge is 2.29. The maximum atomic E-state index is 12.4. The molecule has 19 heavy (non-hydrogen) atoms. The number of amides is 1. The Morgan fingerprint density at radius 2 is 1.79 bits per heavy atom. The molecule has 0 radical (unpaired) electrons. The molecule has 0 bridgehead atoms. The molecular weight excluding hydrogens is 242 g/mol. The largest absolute Gasteiger partial charge is 0.372 e. The van der Waals surface area contributed by atoms with E-state index in [1.165, 1.54) is 0 Å². The van der Waals surface area contributed by atoms with Crippen LogP contribution in [0.15, 0.2) is 0 Å². The molecule has 110 valence electrons. The molecule has 0 aromatic heterocycles. The molecule has 2 N–H and O–H groups in total. The zero-order valence-electron chi connectivity index (χ0n) is 12.3. The van der Waals surface area contributed by atoms with Gasteiger partial charge in [-0.15, -0.1) is 0 Å². The number of likely N-dealkylation sites (tertiary alicyclic amines) is 1. The van der Waals surface area contributed by atoms with E-state index in [2.05, 4.69) is 11.8 Å². The molecule has 2 rings (SSSR count). The summed E-state index contributed by atoms with van der Waals surface area (Å²) in [5.74, 6) is 0.794. The van der Waals surface area contributed by atoms with E-state index in [0.717, 1.165) is 19.5 Å². The molecule has 0 aliphatic carbocycles. The normalized spacial score (nSPS) is 37.4. The van der Waals surface area contributed by atoms with Crippen molar-refractivity contribution in [2.24, 2.45) is 11.7 Å². The number of hydrogen-bond acceptors (Lipinski definition) is 4. The number of morpholine rings is 1. The van der Waals surface area contributed by atoms with Gasteiger partial charge in [-0.3, -0.25) is 9.69 Å². The van der Waals surface area contributed by atoms with E-state index in [4.69, 9.17) is 10.5 Å². The van der Waals surface area contributed by atoms with Gasteiger partial charge in [-0.2, -0.15) is 0 Å². The van der Waals surface area contributed by atoms with Crippen molar-refractivity contribution in [2.75, 3.05) is 32.7 Å². The predicted octanol–water partition coefficient (Wildman–Crippen LogP) is 0.291. The molecule has 0 aromatic rings. The average molecular weight is 269 g/mol. The highest BCUT2D eigenvalue weighted by atomic mass is 16.5. The first kappa shape index (κ1) is 14.8. The van der Waals surface area contributed by atoms with Crippen LogP contribution < -0.4 is 5.73 Å².